The van der Waals surface area contributed by atoms with Gasteiger partial charge in [0.25, 0.3) is 0 Å². The number of aromatic nitrogens is 3. The second kappa shape index (κ2) is 7.17. The van der Waals surface area contributed by atoms with Crippen LogP contribution in [0.25, 0.3) is 10.9 Å². The first kappa shape index (κ1) is 17.3. The standard InChI is InChI=1S/C17H15N5OS2/c1-9-4-10(2)13-6-12(7-18)16(19-14(13)5-9)24-8-15(23)20-17-22-21-11(3)25-17/h4-6H,8H2,1-3H3,(H,20,22,23). The van der Waals surface area contributed by atoms with Crippen LogP contribution >= 0.6 is 23.1 Å². The van der Waals surface area contributed by atoms with Crippen LogP contribution in [0.1, 0.15) is 21.7 Å². The molecule has 0 saturated heterocycles. The summed E-state index contributed by atoms with van der Waals surface area (Å²) >= 11 is 2.56. The summed E-state index contributed by atoms with van der Waals surface area (Å²) in [6, 6.07) is 8.06. The topological polar surface area (TPSA) is 91.6 Å². The lowest BCUT2D eigenvalue weighted by atomic mass is 10.1. The van der Waals surface area contributed by atoms with Gasteiger partial charge in [0.2, 0.25) is 11.0 Å². The van der Waals surface area contributed by atoms with Crippen LogP contribution < -0.4 is 5.32 Å². The third kappa shape index (κ3) is 3.95. The lowest BCUT2D eigenvalue weighted by Gasteiger charge is -2.08. The van der Waals surface area contributed by atoms with Crippen LogP contribution in [-0.4, -0.2) is 26.8 Å². The molecule has 6 nitrogen and oxygen atoms in total. The van der Waals surface area contributed by atoms with Gasteiger partial charge in [-0.25, -0.2) is 4.98 Å². The number of amides is 1. The van der Waals surface area contributed by atoms with E-state index < -0.39 is 0 Å². The number of aryl methyl sites for hydroxylation is 3. The molecule has 25 heavy (non-hydrogen) atoms. The van der Waals surface area contributed by atoms with Crippen LogP contribution in [-0.2, 0) is 4.79 Å². The number of rotatable bonds is 4. The van der Waals surface area contributed by atoms with E-state index in [0.717, 1.165) is 27.0 Å². The third-order valence-corrected chi connectivity index (χ3v) is 5.23. The number of hydrogen-bond acceptors (Lipinski definition) is 7. The van der Waals surface area contributed by atoms with Crippen LogP contribution in [0.3, 0.4) is 0 Å². The van der Waals surface area contributed by atoms with Gasteiger partial charge < -0.3 is 0 Å². The minimum Gasteiger partial charge on any atom is -0.300 e. The highest BCUT2D eigenvalue weighted by molar-refractivity contribution is 8.00. The molecule has 3 rings (SSSR count). The molecule has 8 heteroatoms. The van der Waals surface area contributed by atoms with Crippen molar-refractivity contribution in [1.82, 2.24) is 15.2 Å². The number of nitrogens with one attached hydrogen (secondary N) is 1. The Morgan fingerprint density at radius 1 is 1.28 bits per heavy atom. The maximum Gasteiger partial charge on any atom is 0.236 e. The van der Waals surface area contributed by atoms with Gasteiger partial charge in [0.15, 0.2) is 0 Å². The van der Waals surface area contributed by atoms with Crippen molar-refractivity contribution in [1.29, 1.82) is 5.26 Å². The molecule has 0 saturated carbocycles. The van der Waals surface area contributed by atoms with Crippen LogP contribution in [0.5, 0.6) is 0 Å². The van der Waals surface area contributed by atoms with Crippen molar-refractivity contribution < 1.29 is 4.79 Å². The zero-order valence-electron chi connectivity index (χ0n) is 14.0. The maximum atomic E-state index is 12.1. The Morgan fingerprint density at radius 2 is 2.08 bits per heavy atom. The average molecular weight is 369 g/mol. The van der Waals surface area contributed by atoms with Crippen molar-refractivity contribution in [3.05, 3.63) is 39.9 Å². The summed E-state index contributed by atoms with van der Waals surface area (Å²) in [5.74, 6) is -0.0521. The summed E-state index contributed by atoms with van der Waals surface area (Å²) in [6.07, 6.45) is 0. The van der Waals surface area contributed by atoms with E-state index >= 15 is 0 Å². The summed E-state index contributed by atoms with van der Waals surface area (Å²) in [6.45, 7) is 5.84. The predicted molar refractivity (Wildman–Crippen MR) is 99.9 cm³/mol. The number of thioether (sulfide) groups is 1. The van der Waals surface area contributed by atoms with E-state index in [9.17, 15) is 10.1 Å². The van der Waals surface area contributed by atoms with Crippen molar-refractivity contribution in [2.75, 3.05) is 11.1 Å². The third-order valence-electron chi connectivity index (χ3n) is 3.48. The molecule has 0 atom stereocenters. The lowest BCUT2D eigenvalue weighted by molar-refractivity contribution is -0.113. The number of hydrogen-bond donors (Lipinski definition) is 1. The molecule has 0 aliphatic rings. The van der Waals surface area contributed by atoms with Crippen molar-refractivity contribution in [3.63, 3.8) is 0 Å². The summed E-state index contributed by atoms with van der Waals surface area (Å²) < 4.78 is 0. The number of pyridine rings is 1. The van der Waals surface area contributed by atoms with E-state index in [4.69, 9.17) is 0 Å². The molecule has 2 aromatic heterocycles. The number of nitrogens with zero attached hydrogens (tertiary/aromatic N) is 4. The maximum absolute atomic E-state index is 12.1. The van der Waals surface area contributed by atoms with Gasteiger partial charge in [0.1, 0.15) is 16.1 Å². The van der Waals surface area contributed by atoms with Gasteiger partial charge in [-0.15, -0.1) is 10.2 Å². The molecule has 126 valence electrons. The van der Waals surface area contributed by atoms with Crippen LogP contribution in [0.2, 0.25) is 0 Å². The molecule has 1 amide bonds. The largest absolute Gasteiger partial charge is 0.300 e. The number of fused-ring (bicyclic) bond motifs is 1. The SMILES string of the molecule is Cc1cc(C)c2cc(C#N)c(SCC(=O)Nc3nnc(C)s3)nc2c1. The Labute approximate surface area is 153 Å². The fourth-order valence-corrected chi connectivity index (χ4v) is 3.81. The smallest absolute Gasteiger partial charge is 0.236 e. The van der Waals surface area contributed by atoms with Crippen LogP contribution in [0.4, 0.5) is 5.13 Å². The minimum atomic E-state index is -0.202. The van der Waals surface area contributed by atoms with Crippen LogP contribution in [0, 0.1) is 32.1 Å². The van der Waals surface area contributed by atoms with E-state index in [1.807, 2.05) is 32.9 Å². The van der Waals surface area contributed by atoms with Crippen molar-refractivity contribution in [3.8, 4) is 6.07 Å². The van der Waals surface area contributed by atoms with Gasteiger partial charge in [-0.3, -0.25) is 10.1 Å². The molecular formula is C17H15N5OS2. The van der Waals surface area contributed by atoms with Gasteiger partial charge in [0, 0.05) is 5.39 Å². The van der Waals surface area contributed by atoms with Gasteiger partial charge in [-0.1, -0.05) is 29.2 Å². The quantitative estimate of drug-likeness (QED) is 0.706. The Kier molecular flexibility index (Phi) is 4.97. The Hall–Kier alpha value is -2.50. The van der Waals surface area contributed by atoms with Gasteiger partial charge in [0.05, 0.1) is 16.8 Å². The van der Waals surface area contributed by atoms with Gasteiger partial charge >= 0.3 is 0 Å². The predicted octanol–water partition coefficient (Wildman–Crippen LogP) is 3.61. The normalized spacial score (nSPS) is 10.6. The highest BCUT2D eigenvalue weighted by atomic mass is 32.2. The van der Waals surface area contributed by atoms with Gasteiger partial charge in [-0.05, 0) is 44.0 Å². The monoisotopic (exact) mass is 369 g/mol. The first-order valence-electron chi connectivity index (χ1n) is 7.51. The van der Waals surface area contributed by atoms with E-state index in [1.54, 1.807) is 0 Å². The van der Waals surface area contributed by atoms with Crippen LogP contribution in [0.15, 0.2) is 23.2 Å². The van der Waals surface area contributed by atoms with E-state index in [0.29, 0.717) is 15.7 Å². The molecule has 1 aromatic carbocycles. The zero-order valence-corrected chi connectivity index (χ0v) is 15.6. The molecule has 0 unspecified atom stereocenters. The minimum absolute atomic E-state index is 0.149. The molecule has 2 heterocycles. The molecule has 1 N–H and O–H groups in total. The zero-order chi connectivity index (χ0) is 18.0. The van der Waals surface area contributed by atoms with E-state index in [-0.39, 0.29) is 11.7 Å². The molecule has 0 fully saturated rings. The number of carbonyl (C=O) groups excluding carboxylic acids is 1. The Balaban J connectivity index is 1.80. The van der Waals surface area contributed by atoms with E-state index in [1.165, 1.54) is 23.1 Å². The highest BCUT2D eigenvalue weighted by Crippen LogP contribution is 2.27. The summed E-state index contributed by atoms with van der Waals surface area (Å²) in [4.78, 5) is 16.6. The second-order valence-electron chi connectivity index (χ2n) is 5.56. The van der Waals surface area contributed by atoms with Gasteiger partial charge in [-0.2, -0.15) is 5.26 Å². The highest BCUT2D eigenvalue weighted by Gasteiger charge is 2.13. The Morgan fingerprint density at radius 3 is 2.76 bits per heavy atom. The summed E-state index contributed by atoms with van der Waals surface area (Å²) in [7, 11) is 0. The summed E-state index contributed by atoms with van der Waals surface area (Å²) in [5, 5.41) is 22.6. The first-order chi connectivity index (χ1) is 12.0. The summed E-state index contributed by atoms with van der Waals surface area (Å²) in [5.41, 5.74) is 3.51. The fourth-order valence-electron chi connectivity index (χ4n) is 2.44. The average Bonchev–Trinajstić information content (AvgIpc) is 2.96. The molecule has 0 radical (unpaired) electrons. The fraction of sp³-hybridized carbons (Fsp3) is 0.235. The molecular weight excluding hydrogens is 354 g/mol. The van der Waals surface area contributed by atoms with Crippen molar-refractivity contribution in [2.45, 2.75) is 25.8 Å². The van der Waals surface area contributed by atoms with Crippen molar-refractivity contribution in [2.24, 2.45) is 0 Å². The number of nitriles is 1. The van der Waals surface area contributed by atoms with Crippen molar-refractivity contribution >= 4 is 45.0 Å². The Bertz CT molecular complexity index is 1010. The number of anilines is 1. The molecule has 0 aliphatic heterocycles. The number of benzene rings is 1. The molecule has 3 aromatic rings. The lowest BCUT2D eigenvalue weighted by Crippen LogP contribution is -2.14. The first-order valence-corrected chi connectivity index (χ1v) is 9.31. The molecule has 0 spiro atoms. The molecule has 0 bridgehead atoms. The molecule has 0 aliphatic carbocycles. The second-order valence-corrected chi connectivity index (χ2v) is 7.71. The number of carbonyl (C=O) groups is 1. The van der Waals surface area contributed by atoms with E-state index in [2.05, 4.69) is 32.6 Å².